The first-order chi connectivity index (χ1) is 32.4. The Morgan fingerprint density at radius 3 is 2.52 bits per heavy atom. The number of pyridine rings is 1. The topological polar surface area (TPSA) is 117 Å². The number of hydrogen-bond donors (Lipinski definition) is 2. The number of carbonyl (C=O) groups is 2. The molecule has 67 heavy (non-hydrogen) atoms. The van der Waals surface area contributed by atoms with Crippen LogP contribution in [0.1, 0.15) is 106 Å². The first-order valence-corrected chi connectivity index (χ1v) is 25.3. The SMILES string of the molecule is C[C@@H](COc1ccnc2c1[C@H](C)CCC2)C[C@H]1Cc2ccc(OCCCC(=O)N(C)CCc3cccc(OCCN4CCN(C)CC4)c3)cc2C12CCC(Nc1cccc(Cl)c1)(C(=O)O)CC2. The lowest BCUT2D eigenvalue weighted by Crippen LogP contribution is -2.53. The number of aromatic nitrogens is 1. The van der Waals surface area contributed by atoms with Gasteiger partial charge in [0.05, 0.1) is 13.2 Å². The zero-order valence-electron chi connectivity index (χ0n) is 40.2. The van der Waals surface area contributed by atoms with Crippen LogP contribution < -0.4 is 19.5 Å². The number of nitrogens with zero attached hydrogens (tertiary/aromatic N) is 4. The number of amides is 1. The molecule has 2 N–H and O–H groups in total. The van der Waals surface area contributed by atoms with Crippen molar-refractivity contribution in [2.24, 2.45) is 11.8 Å². The lowest BCUT2D eigenvalue weighted by Gasteiger charge is -2.47. The predicted octanol–water partition coefficient (Wildman–Crippen LogP) is 9.69. The number of ether oxygens (including phenoxy) is 3. The largest absolute Gasteiger partial charge is 0.494 e. The summed E-state index contributed by atoms with van der Waals surface area (Å²) in [6.07, 6.45) is 11.3. The maximum absolute atomic E-state index is 13.2. The molecule has 1 aromatic heterocycles. The van der Waals surface area contributed by atoms with Crippen molar-refractivity contribution in [3.63, 3.8) is 0 Å². The fourth-order valence-electron chi connectivity index (χ4n) is 11.3. The maximum Gasteiger partial charge on any atom is 0.329 e. The first-order valence-electron chi connectivity index (χ1n) is 24.9. The molecule has 1 saturated heterocycles. The van der Waals surface area contributed by atoms with Gasteiger partial charge in [0.2, 0.25) is 5.91 Å². The summed E-state index contributed by atoms with van der Waals surface area (Å²) < 4.78 is 19.1. The van der Waals surface area contributed by atoms with Gasteiger partial charge in [0.15, 0.2) is 0 Å². The minimum atomic E-state index is -1.11. The Labute approximate surface area is 403 Å². The van der Waals surface area contributed by atoms with Gasteiger partial charge in [0.1, 0.15) is 29.4 Å². The lowest BCUT2D eigenvalue weighted by atomic mass is 9.59. The quantitative estimate of drug-likeness (QED) is 0.0831. The van der Waals surface area contributed by atoms with E-state index in [1.807, 2.05) is 48.5 Å². The van der Waals surface area contributed by atoms with Gasteiger partial charge in [-0.3, -0.25) is 14.7 Å². The van der Waals surface area contributed by atoms with Gasteiger partial charge in [-0.25, -0.2) is 4.79 Å². The summed E-state index contributed by atoms with van der Waals surface area (Å²) >= 11 is 6.34. The highest BCUT2D eigenvalue weighted by Crippen LogP contribution is 2.57. The summed E-state index contributed by atoms with van der Waals surface area (Å²) in [5, 5.41) is 14.7. The highest BCUT2D eigenvalue weighted by atomic mass is 35.5. The number of hydrogen-bond acceptors (Lipinski definition) is 9. The van der Waals surface area contributed by atoms with Crippen LogP contribution in [0.25, 0.3) is 0 Å². The molecule has 3 aliphatic carbocycles. The third-order valence-electron chi connectivity index (χ3n) is 15.4. The molecule has 4 aromatic rings. The molecule has 2 fully saturated rings. The summed E-state index contributed by atoms with van der Waals surface area (Å²) in [6.45, 7) is 12.2. The minimum absolute atomic E-state index is 0.103. The molecule has 12 heteroatoms. The molecule has 1 amide bonds. The molecule has 360 valence electrons. The van der Waals surface area contributed by atoms with E-state index in [9.17, 15) is 14.7 Å². The van der Waals surface area contributed by atoms with Gasteiger partial charge in [-0.05, 0) is 166 Å². The normalized spacial score (nSPS) is 23.2. The predicted molar refractivity (Wildman–Crippen MR) is 266 cm³/mol. The average molecular weight is 935 g/mol. The van der Waals surface area contributed by atoms with Crippen LogP contribution in [0.3, 0.4) is 0 Å². The Balaban J connectivity index is 0.873. The molecular weight excluding hydrogens is 862 g/mol. The van der Waals surface area contributed by atoms with Gasteiger partial charge >= 0.3 is 5.97 Å². The van der Waals surface area contributed by atoms with E-state index in [2.05, 4.69) is 66.3 Å². The van der Waals surface area contributed by atoms with E-state index >= 15 is 0 Å². The van der Waals surface area contributed by atoms with Gasteiger partial charge in [-0.15, -0.1) is 0 Å². The van der Waals surface area contributed by atoms with E-state index in [1.54, 1.807) is 12.1 Å². The van der Waals surface area contributed by atoms with E-state index in [-0.39, 0.29) is 17.2 Å². The maximum atomic E-state index is 13.2. The number of benzene rings is 3. The first kappa shape index (κ1) is 48.6. The Hall–Kier alpha value is -4.84. The molecule has 1 aliphatic heterocycles. The fraction of sp³-hybridized carbons (Fsp3) is 0.545. The number of aryl methyl sites for hydroxylation is 1. The number of nitrogens with one attached hydrogen (secondary N) is 1. The second kappa shape index (κ2) is 22.1. The zero-order chi connectivity index (χ0) is 47.0. The Bertz CT molecular complexity index is 2310. The fourth-order valence-corrected chi connectivity index (χ4v) is 11.5. The molecule has 3 atom stereocenters. The van der Waals surface area contributed by atoms with Crippen LogP contribution >= 0.6 is 11.6 Å². The van der Waals surface area contributed by atoms with E-state index < -0.39 is 11.5 Å². The number of carbonyl (C=O) groups excluding carboxylic acids is 1. The zero-order valence-corrected chi connectivity index (χ0v) is 41.0. The molecule has 1 spiro atoms. The van der Waals surface area contributed by atoms with E-state index in [0.29, 0.717) is 68.9 Å². The van der Waals surface area contributed by atoms with Crippen LogP contribution in [0.2, 0.25) is 5.02 Å². The molecular formula is C55H72ClN5O6. The third-order valence-corrected chi connectivity index (χ3v) is 15.6. The molecule has 4 aliphatic rings. The number of fused-ring (bicyclic) bond motifs is 3. The van der Waals surface area contributed by atoms with Gasteiger partial charge in [-0.2, -0.15) is 0 Å². The van der Waals surface area contributed by atoms with E-state index in [4.69, 9.17) is 30.8 Å². The molecule has 0 radical (unpaired) electrons. The standard InChI is InChI=1S/C55H72ClN5O6/c1-39(38-67-50-18-24-57-49-14-5-9-40(2)52(49)50)33-43-35-42-16-17-47(37-48(42)54(43)20-22-55(23-21-54,53(63)64)58-45-12-7-11-44(56)36-45)65-31-8-15-51(62)60(4)25-19-41-10-6-13-46(34-41)66-32-30-61-28-26-59(3)27-29-61/h6-7,10-13,16-18,24,34,36-37,39-40,43,58H,5,8-9,14-15,19-23,25-33,35,38H2,1-4H3,(H,63,64)/t39-,40-,43+,54?,55?/m1/s1. The molecule has 3 aromatic carbocycles. The van der Waals surface area contributed by atoms with Gasteiger partial charge < -0.3 is 34.4 Å². The highest BCUT2D eigenvalue weighted by Gasteiger charge is 2.54. The molecule has 11 nitrogen and oxygen atoms in total. The highest BCUT2D eigenvalue weighted by molar-refractivity contribution is 6.30. The molecule has 2 heterocycles. The second-order valence-electron chi connectivity index (χ2n) is 20.2. The van der Waals surface area contributed by atoms with Crippen molar-refractivity contribution in [2.45, 2.75) is 108 Å². The van der Waals surface area contributed by atoms with E-state index in [1.165, 1.54) is 28.8 Å². The number of rotatable bonds is 20. The van der Waals surface area contributed by atoms with Crippen molar-refractivity contribution in [3.05, 3.63) is 112 Å². The summed E-state index contributed by atoms with van der Waals surface area (Å²) in [7, 11) is 4.05. The van der Waals surface area contributed by atoms with Gasteiger partial charge in [0.25, 0.3) is 0 Å². The number of halogens is 1. The molecule has 0 unspecified atom stereocenters. The summed E-state index contributed by atoms with van der Waals surface area (Å²) in [4.78, 5) is 37.7. The Kier molecular flexibility index (Phi) is 16.0. The van der Waals surface area contributed by atoms with Gasteiger partial charge in [0, 0.05) is 80.9 Å². The van der Waals surface area contributed by atoms with Crippen molar-refractivity contribution < 1.29 is 28.9 Å². The lowest BCUT2D eigenvalue weighted by molar-refractivity contribution is -0.144. The molecule has 8 rings (SSSR count). The van der Waals surface area contributed by atoms with E-state index in [0.717, 1.165) is 106 Å². The van der Waals surface area contributed by atoms with Crippen LogP contribution in [0, 0.1) is 11.8 Å². The number of anilines is 1. The number of aliphatic carboxylic acids is 1. The van der Waals surface area contributed by atoms with Crippen molar-refractivity contribution in [1.82, 2.24) is 19.7 Å². The van der Waals surface area contributed by atoms with Crippen molar-refractivity contribution in [2.75, 3.05) is 78.5 Å². The Morgan fingerprint density at radius 1 is 0.955 bits per heavy atom. The monoisotopic (exact) mass is 934 g/mol. The van der Waals surface area contributed by atoms with Crippen LogP contribution in [-0.2, 0) is 34.3 Å². The second-order valence-corrected chi connectivity index (χ2v) is 20.6. The van der Waals surface area contributed by atoms with Crippen LogP contribution in [0.15, 0.2) is 79.0 Å². The van der Waals surface area contributed by atoms with Gasteiger partial charge in [-0.1, -0.05) is 49.7 Å². The number of carboxylic acids is 1. The number of carboxylic acid groups (broad SMARTS) is 1. The molecule has 1 saturated carbocycles. The minimum Gasteiger partial charge on any atom is -0.494 e. The smallest absolute Gasteiger partial charge is 0.329 e. The number of likely N-dealkylation sites (N-methyl/N-ethyl adjacent to an activating group) is 2. The molecule has 0 bridgehead atoms. The average Bonchev–Trinajstić information content (AvgIpc) is 3.61. The van der Waals surface area contributed by atoms with Crippen molar-refractivity contribution in [3.8, 4) is 17.2 Å². The summed E-state index contributed by atoms with van der Waals surface area (Å²) in [6, 6.07) is 24.1. The summed E-state index contributed by atoms with van der Waals surface area (Å²) in [5.74, 6) is 2.94. The van der Waals surface area contributed by atoms with Crippen molar-refractivity contribution >= 4 is 29.2 Å². The summed E-state index contributed by atoms with van der Waals surface area (Å²) in [5.41, 5.74) is 5.59. The Morgan fingerprint density at radius 2 is 1.73 bits per heavy atom. The van der Waals surface area contributed by atoms with Crippen LogP contribution in [0.4, 0.5) is 5.69 Å². The van der Waals surface area contributed by atoms with Crippen molar-refractivity contribution in [1.29, 1.82) is 0 Å². The van der Waals surface area contributed by atoms with Crippen LogP contribution in [0.5, 0.6) is 17.2 Å². The number of piperazine rings is 1. The third kappa shape index (κ3) is 11.9. The van der Waals surface area contributed by atoms with Crippen LogP contribution in [-0.4, -0.2) is 115 Å².